The molecule has 0 atom stereocenters. The minimum Gasteiger partial charge on any atom is -0.262 e. The molecule has 0 unspecified atom stereocenters. The average molecular weight is 269 g/mol. The number of hydrogen-bond acceptors (Lipinski definition) is 1. The van der Waals surface area contributed by atoms with Crippen LogP contribution in [0.4, 0.5) is 0 Å². The van der Waals surface area contributed by atoms with Crippen molar-refractivity contribution < 1.29 is 0 Å². The van der Waals surface area contributed by atoms with E-state index in [2.05, 4.69) is 17.1 Å². The fourth-order valence-corrected chi connectivity index (χ4v) is 4.60. The van der Waals surface area contributed by atoms with E-state index in [1.807, 2.05) is 12.3 Å². The van der Waals surface area contributed by atoms with Crippen molar-refractivity contribution >= 4 is 6.71 Å². The summed E-state index contributed by atoms with van der Waals surface area (Å²) in [5.74, 6) is 1.96. The zero-order chi connectivity index (χ0) is 13.6. The number of hydrogen-bond donors (Lipinski definition) is 0. The highest BCUT2D eigenvalue weighted by atomic mass is 14.7. The summed E-state index contributed by atoms with van der Waals surface area (Å²) in [6.07, 6.45) is 17.9. The summed E-state index contributed by atoms with van der Waals surface area (Å²) in [4.78, 5) is 4.61. The lowest BCUT2D eigenvalue weighted by Gasteiger charge is -2.35. The van der Waals surface area contributed by atoms with E-state index in [-0.39, 0.29) is 0 Å². The molecule has 1 aromatic rings. The molecule has 1 aromatic heterocycles. The van der Waals surface area contributed by atoms with Crippen LogP contribution in [0, 0.1) is 0 Å². The van der Waals surface area contributed by atoms with Crippen molar-refractivity contribution in [2.45, 2.75) is 82.2 Å². The Labute approximate surface area is 124 Å². The van der Waals surface area contributed by atoms with Gasteiger partial charge in [0.2, 0.25) is 0 Å². The first-order valence-corrected chi connectivity index (χ1v) is 8.83. The Bertz CT molecular complexity index is 362. The minimum atomic E-state index is 0.908. The summed E-state index contributed by atoms with van der Waals surface area (Å²) in [6.45, 7) is 0.908. The summed E-state index contributed by atoms with van der Waals surface area (Å²) < 4.78 is 0. The molecule has 2 heteroatoms. The molecular weight excluding hydrogens is 241 g/mol. The zero-order valence-electron chi connectivity index (χ0n) is 12.8. The van der Waals surface area contributed by atoms with Crippen LogP contribution < -0.4 is 0 Å². The molecule has 20 heavy (non-hydrogen) atoms. The van der Waals surface area contributed by atoms with Gasteiger partial charge in [-0.15, -0.1) is 0 Å². The van der Waals surface area contributed by atoms with Crippen LogP contribution in [0.15, 0.2) is 24.4 Å². The predicted molar refractivity (Wildman–Crippen MR) is 87.4 cm³/mol. The third-order valence-electron chi connectivity index (χ3n) is 5.68. The Morgan fingerprint density at radius 1 is 0.850 bits per heavy atom. The number of aromatic nitrogens is 1. The largest absolute Gasteiger partial charge is 0.262 e. The Morgan fingerprint density at radius 3 is 1.95 bits per heavy atom. The first-order chi connectivity index (χ1) is 9.93. The van der Waals surface area contributed by atoms with Crippen molar-refractivity contribution in [3.8, 4) is 0 Å². The summed E-state index contributed by atoms with van der Waals surface area (Å²) >= 11 is 0. The van der Waals surface area contributed by atoms with E-state index < -0.39 is 0 Å². The van der Waals surface area contributed by atoms with Gasteiger partial charge in [-0.3, -0.25) is 4.98 Å². The van der Waals surface area contributed by atoms with Crippen LogP contribution in [-0.2, 0) is 6.32 Å². The lowest BCUT2D eigenvalue weighted by atomic mass is 9.28. The summed E-state index contributed by atoms with van der Waals surface area (Å²) in [6, 6.07) is 6.43. The van der Waals surface area contributed by atoms with Crippen LogP contribution in [0.5, 0.6) is 0 Å². The van der Waals surface area contributed by atoms with Gasteiger partial charge in [0.25, 0.3) is 0 Å². The van der Waals surface area contributed by atoms with E-state index in [4.69, 9.17) is 0 Å². The molecule has 0 bridgehead atoms. The molecule has 2 fully saturated rings. The second kappa shape index (κ2) is 7.29. The number of nitrogens with zero attached hydrogens (tertiary/aromatic N) is 1. The molecule has 1 nitrogen and oxygen atoms in total. The van der Waals surface area contributed by atoms with Gasteiger partial charge in [0.15, 0.2) is 6.71 Å². The van der Waals surface area contributed by atoms with Crippen LogP contribution in [-0.4, -0.2) is 11.7 Å². The third kappa shape index (κ3) is 3.65. The lowest BCUT2D eigenvalue weighted by Crippen LogP contribution is -2.33. The van der Waals surface area contributed by atoms with Crippen molar-refractivity contribution in [1.29, 1.82) is 0 Å². The highest BCUT2D eigenvalue weighted by molar-refractivity contribution is 6.61. The second-order valence-corrected chi connectivity index (χ2v) is 6.99. The molecule has 0 amide bonds. The summed E-state index contributed by atoms with van der Waals surface area (Å²) in [5, 5.41) is 0. The van der Waals surface area contributed by atoms with Crippen molar-refractivity contribution in [3.63, 3.8) is 0 Å². The average Bonchev–Trinajstić information content (AvgIpc) is 2.55. The number of rotatable bonds is 4. The van der Waals surface area contributed by atoms with Crippen molar-refractivity contribution in [3.05, 3.63) is 30.1 Å². The van der Waals surface area contributed by atoms with Crippen LogP contribution in [0.3, 0.4) is 0 Å². The van der Waals surface area contributed by atoms with E-state index >= 15 is 0 Å². The molecule has 0 spiro atoms. The maximum absolute atomic E-state index is 4.61. The van der Waals surface area contributed by atoms with E-state index in [1.165, 1.54) is 76.2 Å². The quantitative estimate of drug-likeness (QED) is 0.673. The van der Waals surface area contributed by atoms with E-state index in [0.29, 0.717) is 0 Å². The molecule has 2 aliphatic rings. The molecule has 108 valence electrons. The van der Waals surface area contributed by atoms with Gasteiger partial charge < -0.3 is 0 Å². The molecule has 0 N–H and O–H groups in total. The van der Waals surface area contributed by atoms with Crippen LogP contribution in [0.1, 0.15) is 69.9 Å². The fraction of sp³-hybridized carbons (Fsp3) is 0.722. The molecular formula is C18H28BN. The molecule has 1 heterocycles. The summed E-state index contributed by atoms with van der Waals surface area (Å²) in [7, 11) is 0. The smallest absolute Gasteiger partial charge is 0.152 e. The lowest BCUT2D eigenvalue weighted by molar-refractivity contribution is 0.459. The molecule has 0 aromatic carbocycles. The first kappa shape index (κ1) is 14.2. The van der Waals surface area contributed by atoms with Crippen LogP contribution in [0.2, 0.25) is 11.6 Å². The van der Waals surface area contributed by atoms with Gasteiger partial charge in [-0.25, -0.2) is 0 Å². The van der Waals surface area contributed by atoms with Crippen molar-refractivity contribution in [2.24, 2.45) is 0 Å². The molecule has 3 rings (SSSR count). The monoisotopic (exact) mass is 269 g/mol. The molecule has 0 radical (unpaired) electrons. The zero-order valence-corrected chi connectivity index (χ0v) is 12.8. The SMILES string of the molecule is c1ccc(CB(C2CCCCC2)C2CCCCC2)nc1. The van der Waals surface area contributed by atoms with Gasteiger partial charge >= 0.3 is 0 Å². The van der Waals surface area contributed by atoms with Crippen molar-refractivity contribution in [1.82, 2.24) is 4.98 Å². The van der Waals surface area contributed by atoms with Gasteiger partial charge in [0.1, 0.15) is 0 Å². The maximum Gasteiger partial charge on any atom is 0.152 e. The van der Waals surface area contributed by atoms with E-state index in [1.54, 1.807) is 0 Å². The van der Waals surface area contributed by atoms with E-state index in [0.717, 1.165) is 18.3 Å². The molecule has 2 saturated carbocycles. The normalized spacial score (nSPS) is 21.8. The van der Waals surface area contributed by atoms with Crippen molar-refractivity contribution in [2.75, 3.05) is 0 Å². The van der Waals surface area contributed by atoms with Gasteiger partial charge in [0.05, 0.1) is 0 Å². The Balaban J connectivity index is 1.71. The Hall–Kier alpha value is -0.785. The fourth-order valence-electron chi connectivity index (χ4n) is 4.60. The maximum atomic E-state index is 4.61. The highest BCUT2D eigenvalue weighted by Crippen LogP contribution is 2.42. The van der Waals surface area contributed by atoms with E-state index in [9.17, 15) is 0 Å². The molecule has 0 saturated heterocycles. The minimum absolute atomic E-state index is 0.908. The van der Waals surface area contributed by atoms with Gasteiger partial charge in [-0.05, 0) is 18.5 Å². The topological polar surface area (TPSA) is 12.9 Å². The Kier molecular flexibility index (Phi) is 5.16. The molecule has 0 aliphatic heterocycles. The van der Waals surface area contributed by atoms with Gasteiger partial charge in [0, 0.05) is 11.9 Å². The first-order valence-electron chi connectivity index (χ1n) is 8.83. The highest BCUT2D eigenvalue weighted by Gasteiger charge is 2.34. The predicted octanol–water partition coefficient (Wildman–Crippen LogP) is 5.33. The van der Waals surface area contributed by atoms with Crippen LogP contribution >= 0.6 is 0 Å². The van der Waals surface area contributed by atoms with Crippen LogP contribution in [0.25, 0.3) is 0 Å². The summed E-state index contributed by atoms with van der Waals surface area (Å²) in [5.41, 5.74) is 1.33. The number of pyridine rings is 1. The molecule has 2 aliphatic carbocycles. The Morgan fingerprint density at radius 2 is 1.45 bits per heavy atom. The van der Waals surface area contributed by atoms with Gasteiger partial charge in [-0.1, -0.05) is 81.9 Å². The van der Waals surface area contributed by atoms with Gasteiger partial charge in [-0.2, -0.15) is 0 Å². The second-order valence-electron chi connectivity index (χ2n) is 6.99. The third-order valence-corrected chi connectivity index (χ3v) is 5.68. The standard InChI is InChI=1S/C18H28BN/c1-3-9-16(10-4-1)19(17-11-5-2-6-12-17)15-18-13-7-8-14-20-18/h7-8,13-14,16-17H,1-6,9-12,15H2.